The lowest BCUT2D eigenvalue weighted by molar-refractivity contribution is 0.263. The van der Waals surface area contributed by atoms with E-state index >= 15 is 0 Å². The fourth-order valence-corrected chi connectivity index (χ4v) is 2.32. The lowest BCUT2D eigenvalue weighted by Gasteiger charge is -2.20. The fraction of sp³-hybridized carbons (Fsp3) is 0.583. The van der Waals surface area contributed by atoms with Gasteiger partial charge in [0.15, 0.2) is 0 Å². The Kier molecular flexibility index (Phi) is 3.79. The fourth-order valence-electron chi connectivity index (χ4n) is 2.14. The quantitative estimate of drug-likeness (QED) is 0.803. The molecule has 1 saturated heterocycles. The predicted molar refractivity (Wildman–Crippen MR) is 66.6 cm³/mol. The van der Waals surface area contributed by atoms with Crippen molar-refractivity contribution in [2.24, 2.45) is 0 Å². The maximum Gasteiger partial charge on any atom is 0.0558 e. The van der Waals surface area contributed by atoms with Gasteiger partial charge in [-0.25, -0.2) is 0 Å². The smallest absolute Gasteiger partial charge is 0.0558 e. The van der Waals surface area contributed by atoms with Crippen molar-refractivity contribution in [3.63, 3.8) is 0 Å². The highest BCUT2D eigenvalue weighted by Gasteiger charge is 2.23. The molecule has 0 spiro atoms. The summed E-state index contributed by atoms with van der Waals surface area (Å²) in [4.78, 5) is 9.06. The molecule has 2 heterocycles. The number of pyridine rings is 1. The highest BCUT2D eigenvalue weighted by Crippen LogP contribution is 2.16. The topological polar surface area (TPSA) is 19.4 Å². The van der Waals surface area contributed by atoms with E-state index in [1.165, 1.54) is 6.42 Å². The molecule has 1 aliphatic rings. The standard InChI is InChI=1S/C12H18ClN3/c1-15(2)12-4-6-16(9-12)8-11-7-10(13)3-5-14-11/h3,5,7,12H,4,6,8-9H2,1-2H3. The van der Waals surface area contributed by atoms with Crippen molar-refractivity contribution in [2.75, 3.05) is 27.2 Å². The van der Waals surface area contributed by atoms with Crippen molar-refractivity contribution >= 4 is 11.6 Å². The van der Waals surface area contributed by atoms with Crippen molar-refractivity contribution < 1.29 is 0 Å². The number of halogens is 1. The van der Waals surface area contributed by atoms with Crippen LogP contribution in [0.4, 0.5) is 0 Å². The van der Waals surface area contributed by atoms with Crippen molar-refractivity contribution in [1.29, 1.82) is 0 Å². The Morgan fingerprint density at radius 1 is 1.56 bits per heavy atom. The summed E-state index contributed by atoms with van der Waals surface area (Å²) in [6.45, 7) is 3.18. The molecule has 1 atom stereocenters. The van der Waals surface area contributed by atoms with Gasteiger partial charge in [0, 0.05) is 36.9 Å². The number of likely N-dealkylation sites (N-methyl/N-ethyl adjacent to an activating group) is 1. The van der Waals surface area contributed by atoms with E-state index in [0.717, 1.165) is 30.4 Å². The molecule has 0 aliphatic carbocycles. The van der Waals surface area contributed by atoms with Gasteiger partial charge in [-0.2, -0.15) is 0 Å². The Morgan fingerprint density at radius 2 is 2.38 bits per heavy atom. The highest BCUT2D eigenvalue weighted by atomic mass is 35.5. The van der Waals surface area contributed by atoms with Crippen LogP contribution in [0.25, 0.3) is 0 Å². The van der Waals surface area contributed by atoms with E-state index in [2.05, 4.69) is 28.9 Å². The van der Waals surface area contributed by atoms with E-state index in [0.29, 0.717) is 6.04 Å². The zero-order valence-electron chi connectivity index (χ0n) is 9.86. The van der Waals surface area contributed by atoms with Gasteiger partial charge in [0.05, 0.1) is 5.69 Å². The normalized spacial score (nSPS) is 21.9. The second kappa shape index (κ2) is 5.13. The van der Waals surface area contributed by atoms with Gasteiger partial charge in [-0.05, 0) is 32.6 Å². The predicted octanol–water partition coefficient (Wildman–Crippen LogP) is 1.87. The number of hydrogen-bond donors (Lipinski definition) is 0. The van der Waals surface area contributed by atoms with Crippen LogP contribution in [0.1, 0.15) is 12.1 Å². The largest absolute Gasteiger partial charge is 0.305 e. The van der Waals surface area contributed by atoms with E-state index in [9.17, 15) is 0 Å². The highest BCUT2D eigenvalue weighted by molar-refractivity contribution is 6.30. The first kappa shape index (κ1) is 11.8. The Bertz CT molecular complexity index is 354. The molecular formula is C12H18ClN3. The maximum absolute atomic E-state index is 5.94. The Morgan fingerprint density at radius 3 is 3.00 bits per heavy atom. The summed E-state index contributed by atoms with van der Waals surface area (Å²) < 4.78 is 0. The van der Waals surface area contributed by atoms with Crippen LogP contribution in [0, 0.1) is 0 Å². The molecule has 0 saturated carbocycles. The van der Waals surface area contributed by atoms with E-state index in [1.807, 2.05) is 12.1 Å². The van der Waals surface area contributed by atoms with Gasteiger partial charge in [-0.1, -0.05) is 11.6 Å². The van der Waals surface area contributed by atoms with Crippen LogP contribution in [0.2, 0.25) is 5.02 Å². The molecule has 0 bridgehead atoms. The second-order valence-electron chi connectivity index (χ2n) is 4.61. The monoisotopic (exact) mass is 239 g/mol. The Labute approximate surface area is 102 Å². The van der Waals surface area contributed by atoms with Crippen LogP contribution < -0.4 is 0 Å². The Balaban J connectivity index is 1.92. The zero-order valence-corrected chi connectivity index (χ0v) is 10.6. The van der Waals surface area contributed by atoms with Crippen molar-refractivity contribution in [3.05, 3.63) is 29.0 Å². The molecule has 1 aromatic heterocycles. The summed E-state index contributed by atoms with van der Waals surface area (Å²) >= 11 is 5.94. The van der Waals surface area contributed by atoms with Gasteiger partial charge >= 0.3 is 0 Å². The van der Waals surface area contributed by atoms with Crippen LogP contribution in [0.15, 0.2) is 18.3 Å². The summed E-state index contributed by atoms with van der Waals surface area (Å²) in [6, 6.07) is 4.45. The first-order chi connectivity index (χ1) is 7.65. The van der Waals surface area contributed by atoms with E-state index in [4.69, 9.17) is 11.6 Å². The summed E-state index contributed by atoms with van der Waals surface area (Å²) in [5, 5.41) is 0.772. The maximum atomic E-state index is 5.94. The lowest BCUT2D eigenvalue weighted by Crippen LogP contribution is -2.31. The zero-order chi connectivity index (χ0) is 11.5. The molecular weight excluding hydrogens is 222 g/mol. The number of hydrogen-bond acceptors (Lipinski definition) is 3. The van der Waals surface area contributed by atoms with Gasteiger partial charge in [0.1, 0.15) is 0 Å². The number of likely N-dealkylation sites (tertiary alicyclic amines) is 1. The third kappa shape index (κ3) is 2.94. The average molecular weight is 240 g/mol. The van der Waals surface area contributed by atoms with E-state index < -0.39 is 0 Å². The molecule has 1 unspecified atom stereocenters. The van der Waals surface area contributed by atoms with Crippen molar-refractivity contribution in [1.82, 2.24) is 14.8 Å². The molecule has 3 nitrogen and oxygen atoms in total. The minimum Gasteiger partial charge on any atom is -0.305 e. The second-order valence-corrected chi connectivity index (χ2v) is 5.04. The van der Waals surface area contributed by atoms with Crippen LogP contribution in [0.5, 0.6) is 0 Å². The minimum absolute atomic E-state index is 0.680. The SMILES string of the molecule is CN(C)C1CCN(Cc2cc(Cl)ccn2)C1. The third-order valence-electron chi connectivity index (χ3n) is 3.14. The van der Waals surface area contributed by atoms with Crippen LogP contribution >= 0.6 is 11.6 Å². The van der Waals surface area contributed by atoms with Crippen LogP contribution in [-0.4, -0.2) is 48.0 Å². The Hall–Kier alpha value is -0.640. The van der Waals surface area contributed by atoms with Crippen molar-refractivity contribution in [2.45, 2.75) is 19.0 Å². The number of rotatable bonds is 3. The molecule has 0 N–H and O–H groups in total. The molecule has 0 aromatic carbocycles. The van der Waals surface area contributed by atoms with E-state index in [1.54, 1.807) is 6.20 Å². The minimum atomic E-state index is 0.680. The molecule has 2 rings (SSSR count). The van der Waals surface area contributed by atoms with Gasteiger partial charge in [0.2, 0.25) is 0 Å². The van der Waals surface area contributed by atoms with Gasteiger partial charge in [-0.3, -0.25) is 9.88 Å². The molecule has 1 aromatic rings. The summed E-state index contributed by atoms with van der Waals surface area (Å²) in [5.41, 5.74) is 1.06. The molecule has 4 heteroatoms. The van der Waals surface area contributed by atoms with Gasteiger partial charge in [-0.15, -0.1) is 0 Å². The summed E-state index contributed by atoms with van der Waals surface area (Å²) in [7, 11) is 4.29. The van der Waals surface area contributed by atoms with Crippen LogP contribution in [-0.2, 0) is 6.54 Å². The molecule has 0 radical (unpaired) electrons. The summed E-state index contributed by atoms with van der Waals surface area (Å²) in [6.07, 6.45) is 3.02. The third-order valence-corrected chi connectivity index (χ3v) is 3.38. The van der Waals surface area contributed by atoms with Gasteiger partial charge < -0.3 is 4.90 Å². The molecule has 0 amide bonds. The number of aromatic nitrogens is 1. The van der Waals surface area contributed by atoms with Crippen LogP contribution in [0.3, 0.4) is 0 Å². The first-order valence-corrected chi connectivity index (χ1v) is 6.02. The number of nitrogens with zero attached hydrogens (tertiary/aromatic N) is 3. The van der Waals surface area contributed by atoms with Gasteiger partial charge in [0.25, 0.3) is 0 Å². The molecule has 1 fully saturated rings. The average Bonchev–Trinajstić information content (AvgIpc) is 2.66. The summed E-state index contributed by atoms with van der Waals surface area (Å²) in [5.74, 6) is 0. The lowest BCUT2D eigenvalue weighted by atomic mass is 10.2. The van der Waals surface area contributed by atoms with E-state index in [-0.39, 0.29) is 0 Å². The molecule has 88 valence electrons. The molecule has 16 heavy (non-hydrogen) atoms. The van der Waals surface area contributed by atoms with Crippen molar-refractivity contribution in [3.8, 4) is 0 Å². The first-order valence-electron chi connectivity index (χ1n) is 5.64. The molecule has 1 aliphatic heterocycles.